The number of amides is 1. The maximum Gasteiger partial charge on any atom is 0.251 e. The highest BCUT2D eigenvalue weighted by Gasteiger charge is 2.23. The minimum atomic E-state index is 0.00795. The lowest BCUT2D eigenvalue weighted by Gasteiger charge is -2.27. The molecule has 0 bridgehead atoms. The van der Waals surface area contributed by atoms with E-state index >= 15 is 0 Å². The second kappa shape index (κ2) is 7.20. The molecule has 1 amide bonds. The van der Waals surface area contributed by atoms with Gasteiger partial charge in [-0.25, -0.2) is 4.98 Å². The third kappa shape index (κ3) is 3.55. The Hall–Kier alpha value is -2.99. The number of carbonyl (C=O) groups is 1. The fraction of sp³-hybridized carbons (Fsp3) is 0.318. The second-order valence-corrected chi connectivity index (χ2v) is 7.36. The predicted molar refractivity (Wildman–Crippen MR) is 108 cm³/mol. The zero-order valence-electron chi connectivity index (χ0n) is 15.6. The first-order chi connectivity index (χ1) is 13.8. The van der Waals surface area contributed by atoms with Gasteiger partial charge in [-0.15, -0.1) is 0 Å². The van der Waals surface area contributed by atoms with E-state index in [0.29, 0.717) is 11.6 Å². The lowest BCUT2D eigenvalue weighted by atomic mass is 10.0. The molecule has 0 radical (unpaired) electrons. The Morgan fingerprint density at radius 1 is 1.00 bits per heavy atom. The fourth-order valence-electron chi connectivity index (χ4n) is 3.44. The average molecular weight is 374 g/mol. The van der Waals surface area contributed by atoms with Gasteiger partial charge in [-0.05, 0) is 48.2 Å². The third-order valence-corrected chi connectivity index (χ3v) is 5.26. The van der Waals surface area contributed by atoms with Gasteiger partial charge in [-0.2, -0.15) is 0 Å². The van der Waals surface area contributed by atoms with E-state index in [2.05, 4.69) is 21.3 Å². The van der Waals surface area contributed by atoms with E-state index < -0.39 is 0 Å². The van der Waals surface area contributed by atoms with Crippen LogP contribution in [-0.2, 0) is 4.74 Å². The Labute approximate surface area is 163 Å². The van der Waals surface area contributed by atoms with Crippen LogP contribution in [0.25, 0.3) is 22.2 Å². The summed E-state index contributed by atoms with van der Waals surface area (Å²) in [5.41, 5.74) is 4.57. The van der Waals surface area contributed by atoms with E-state index in [-0.39, 0.29) is 5.91 Å². The van der Waals surface area contributed by atoms with Gasteiger partial charge in [-0.1, -0.05) is 18.2 Å². The summed E-state index contributed by atoms with van der Waals surface area (Å²) >= 11 is 0. The SMILES string of the molecule is O=C(NC1CC1)c1ccc(-c2ccc3ncc(N4CCOCC4)nc3c2)cc1. The summed E-state index contributed by atoms with van der Waals surface area (Å²) in [6, 6.07) is 14.2. The molecule has 1 aromatic heterocycles. The third-order valence-electron chi connectivity index (χ3n) is 5.26. The molecule has 6 nitrogen and oxygen atoms in total. The highest BCUT2D eigenvalue weighted by Crippen LogP contribution is 2.25. The zero-order valence-corrected chi connectivity index (χ0v) is 15.6. The van der Waals surface area contributed by atoms with Gasteiger partial charge < -0.3 is 15.0 Å². The van der Waals surface area contributed by atoms with Crippen molar-refractivity contribution in [2.75, 3.05) is 31.2 Å². The minimum absolute atomic E-state index is 0.00795. The monoisotopic (exact) mass is 374 g/mol. The van der Waals surface area contributed by atoms with Crippen LogP contribution in [0.15, 0.2) is 48.7 Å². The number of nitrogens with one attached hydrogen (secondary N) is 1. The van der Waals surface area contributed by atoms with Crippen molar-refractivity contribution in [1.82, 2.24) is 15.3 Å². The quantitative estimate of drug-likeness (QED) is 0.760. The molecule has 1 aliphatic carbocycles. The van der Waals surface area contributed by atoms with Gasteiger partial charge in [-0.3, -0.25) is 9.78 Å². The molecular formula is C22H22N4O2. The first-order valence-corrected chi connectivity index (χ1v) is 9.77. The summed E-state index contributed by atoms with van der Waals surface area (Å²) in [6.45, 7) is 3.12. The molecule has 28 heavy (non-hydrogen) atoms. The zero-order chi connectivity index (χ0) is 18.9. The second-order valence-electron chi connectivity index (χ2n) is 7.36. The van der Waals surface area contributed by atoms with Crippen LogP contribution in [0.3, 0.4) is 0 Å². The number of ether oxygens (including phenoxy) is 1. The van der Waals surface area contributed by atoms with Crippen LogP contribution in [0.2, 0.25) is 0 Å². The van der Waals surface area contributed by atoms with Crippen molar-refractivity contribution < 1.29 is 9.53 Å². The van der Waals surface area contributed by atoms with Crippen molar-refractivity contribution in [2.45, 2.75) is 18.9 Å². The molecule has 6 heteroatoms. The van der Waals surface area contributed by atoms with Gasteiger partial charge in [0, 0.05) is 24.7 Å². The summed E-state index contributed by atoms with van der Waals surface area (Å²) in [5, 5.41) is 3.02. The molecule has 1 saturated heterocycles. The number of hydrogen-bond acceptors (Lipinski definition) is 5. The molecule has 2 aromatic carbocycles. The maximum absolute atomic E-state index is 12.2. The van der Waals surface area contributed by atoms with Crippen molar-refractivity contribution in [3.05, 3.63) is 54.2 Å². The summed E-state index contributed by atoms with van der Waals surface area (Å²) in [7, 11) is 0. The van der Waals surface area contributed by atoms with E-state index in [1.807, 2.05) is 42.6 Å². The molecule has 0 unspecified atom stereocenters. The number of benzene rings is 2. The Bertz CT molecular complexity index is 1010. The number of aromatic nitrogens is 2. The van der Waals surface area contributed by atoms with Crippen molar-refractivity contribution in [2.24, 2.45) is 0 Å². The average Bonchev–Trinajstić information content (AvgIpc) is 3.58. The van der Waals surface area contributed by atoms with E-state index in [4.69, 9.17) is 9.72 Å². The Balaban J connectivity index is 1.40. The summed E-state index contributed by atoms with van der Waals surface area (Å²) in [6.07, 6.45) is 4.02. The molecule has 3 aromatic rings. The van der Waals surface area contributed by atoms with Crippen molar-refractivity contribution in [3.8, 4) is 11.1 Å². The van der Waals surface area contributed by atoms with E-state index in [1.165, 1.54) is 0 Å². The van der Waals surface area contributed by atoms with Gasteiger partial charge in [0.2, 0.25) is 0 Å². The first-order valence-electron chi connectivity index (χ1n) is 9.77. The summed E-state index contributed by atoms with van der Waals surface area (Å²) in [5.74, 6) is 0.897. The fourth-order valence-corrected chi connectivity index (χ4v) is 3.44. The smallest absolute Gasteiger partial charge is 0.251 e. The van der Waals surface area contributed by atoms with Crippen LogP contribution >= 0.6 is 0 Å². The summed E-state index contributed by atoms with van der Waals surface area (Å²) < 4.78 is 5.42. The molecule has 142 valence electrons. The van der Waals surface area contributed by atoms with Crippen LogP contribution in [0.4, 0.5) is 5.82 Å². The Morgan fingerprint density at radius 3 is 2.50 bits per heavy atom. The van der Waals surface area contributed by atoms with Crippen molar-refractivity contribution in [1.29, 1.82) is 0 Å². The lowest BCUT2D eigenvalue weighted by molar-refractivity contribution is 0.0951. The van der Waals surface area contributed by atoms with Crippen LogP contribution in [0.5, 0.6) is 0 Å². The Morgan fingerprint density at radius 2 is 1.75 bits per heavy atom. The lowest BCUT2D eigenvalue weighted by Crippen LogP contribution is -2.36. The molecule has 2 fully saturated rings. The van der Waals surface area contributed by atoms with Gasteiger partial charge >= 0.3 is 0 Å². The van der Waals surface area contributed by atoms with Gasteiger partial charge in [0.15, 0.2) is 0 Å². The first kappa shape index (κ1) is 17.1. The molecule has 2 aliphatic rings. The largest absolute Gasteiger partial charge is 0.378 e. The topological polar surface area (TPSA) is 67.4 Å². The van der Waals surface area contributed by atoms with Gasteiger partial charge in [0.05, 0.1) is 30.4 Å². The number of fused-ring (bicyclic) bond motifs is 1. The number of rotatable bonds is 4. The molecular weight excluding hydrogens is 352 g/mol. The van der Waals surface area contributed by atoms with E-state index in [0.717, 1.165) is 67.1 Å². The van der Waals surface area contributed by atoms with Crippen LogP contribution in [0.1, 0.15) is 23.2 Å². The molecule has 1 saturated carbocycles. The number of carbonyl (C=O) groups excluding carboxylic acids is 1. The van der Waals surface area contributed by atoms with Crippen LogP contribution in [-0.4, -0.2) is 48.2 Å². The molecule has 0 spiro atoms. The highest BCUT2D eigenvalue weighted by atomic mass is 16.5. The number of anilines is 1. The van der Waals surface area contributed by atoms with Crippen LogP contribution in [0, 0.1) is 0 Å². The normalized spacial score (nSPS) is 16.9. The standard InChI is InChI=1S/C22H22N4O2/c27-22(24-18-6-7-18)16-3-1-15(2-4-16)17-5-8-19-20(13-17)25-21(14-23-19)26-9-11-28-12-10-26/h1-5,8,13-14,18H,6-7,9-12H2,(H,24,27). The molecule has 5 rings (SSSR count). The van der Waals surface area contributed by atoms with E-state index in [1.54, 1.807) is 0 Å². The number of nitrogens with zero attached hydrogens (tertiary/aromatic N) is 3. The highest BCUT2D eigenvalue weighted by molar-refractivity contribution is 5.95. The maximum atomic E-state index is 12.2. The summed E-state index contributed by atoms with van der Waals surface area (Å²) in [4.78, 5) is 23.7. The number of hydrogen-bond donors (Lipinski definition) is 1. The predicted octanol–water partition coefficient (Wildman–Crippen LogP) is 3.03. The number of morpholine rings is 1. The van der Waals surface area contributed by atoms with E-state index in [9.17, 15) is 4.79 Å². The van der Waals surface area contributed by atoms with Crippen molar-refractivity contribution in [3.63, 3.8) is 0 Å². The van der Waals surface area contributed by atoms with Gasteiger partial charge in [0.25, 0.3) is 5.91 Å². The van der Waals surface area contributed by atoms with Crippen molar-refractivity contribution >= 4 is 22.8 Å². The molecule has 1 N–H and O–H groups in total. The molecule has 1 aliphatic heterocycles. The van der Waals surface area contributed by atoms with Gasteiger partial charge in [0.1, 0.15) is 5.82 Å². The molecule has 2 heterocycles. The molecule has 0 atom stereocenters. The Kier molecular flexibility index (Phi) is 4.41. The van der Waals surface area contributed by atoms with Crippen LogP contribution < -0.4 is 10.2 Å². The minimum Gasteiger partial charge on any atom is -0.378 e.